The van der Waals surface area contributed by atoms with E-state index >= 15 is 0 Å². The van der Waals surface area contributed by atoms with E-state index in [1.165, 1.54) is 11.1 Å². The first-order chi connectivity index (χ1) is 12.6. The summed E-state index contributed by atoms with van der Waals surface area (Å²) in [6, 6.07) is 15.7. The van der Waals surface area contributed by atoms with Crippen LogP contribution >= 0.6 is 0 Å². The second kappa shape index (κ2) is 8.04. The number of fused-ring (bicyclic) bond motifs is 1. The van der Waals surface area contributed by atoms with Crippen LogP contribution in [0.25, 0.3) is 0 Å². The average Bonchev–Trinajstić information content (AvgIpc) is 2.67. The van der Waals surface area contributed by atoms with Crippen LogP contribution in [0.15, 0.2) is 48.5 Å². The van der Waals surface area contributed by atoms with Gasteiger partial charge < -0.3 is 15.0 Å². The number of hydrogen-bond acceptors (Lipinski definition) is 3. The van der Waals surface area contributed by atoms with Crippen molar-refractivity contribution in [1.82, 2.24) is 5.32 Å². The summed E-state index contributed by atoms with van der Waals surface area (Å²) < 4.78 is 5.74. The van der Waals surface area contributed by atoms with Gasteiger partial charge in [0, 0.05) is 13.5 Å². The monoisotopic (exact) mass is 352 g/mol. The Kier molecular flexibility index (Phi) is 5.56. The van der Waals surface area contributed by atoms with Crippen LogP contribution in [0.2, 0.25) is 0 Å². The fourth-order valence-electron chi connectivity index (χ4n) is 3.10. The van der Waals surface area contributed by atoms with Crippen LogP contribution in [0.1, 0.15) is 24.0 Å². The van der Waals surface area contributed by atoms with Gasteiger partial charge in [0.25, 0.3) is 5.91 Å². The van der Waals surface area contributed by atoms with Gasteiger partial charge in [-0.15, -0.1) is 0 Å². The molecule has 1 atom stereocenters. The number of carbonyl (C=O) groups excluding carboxylic acids is 2. The van der Waals surface area contributed by atoms with Crippen molar-refractivity contribution in [3.63, 3.8) is 0 Å². The molecule has 5 heteroatoms. The van der Waals surface area contributed by atoms with Gasteiger partial charge in [-0.1, -0.05) is 42.0 Å². The zero-order valence-corrected chi connectivity index (χ0v) is 15.2. The molecule has 2 amide bonds. The van der Waals surface area contributed by atoms with E-state index in [2.05, 4.69) is 36.5 Å². The molecule has 0 spiro atoms. The first-order valence-electron chi connectivity index (χ1n) is 8.91. The number of ether oxygens (including phenoxy) is 1. The second-order valence-electron chi connectivity index (χ2n) is 6.53. The minimum atomic E-state index is -0.684. The van der Waals surface area contributed by atoms with Crippen LogP contribution in [0, 0.1) is 6.92 Å². The molecule has 1 unspecified atom stereocenters. The molecule has 0 aromatic heterocycles. The van der Waals surface area contributed by atoms with Gasteiger partial charge in [-0.25, -0.2) is 0 Å². The van der Waals surface area contributed by atoms with E-state index in [0.29, 0.717) is 12.2 Å². The largest absolute Gasteiger partial charge is 0.477 e. The van der Waals surface area contributed by atoms with Crippen molar-refractivity contribution in [2.45, 2.75) is 32.3 Å². The maximum absolute atomic E-state index is 12.8. The molecule has 2 aromatic rings. The third-order valence-electron chi connectivity index (χ3n) is 4.59. The third kappa shape index (κ3) is 4.04. The fraction of sp³-hybridized carbons (Fsp3) is 0.333. The number of carbonyl (C=O) groups is 2. The molecule has 5 nitrogen and oxygen atoms in total. The van der Waals surface area contributed by atoms with Gasteiger partial charge in [0.05, 0.1) is 12.2 Å². The summed E-state index contributed by atoms with van der Waals surface area (Å²) in [7, 11) is 1.57. The highest BCUT2D eigenvalue weighted by Crippen LogP contribution is 2.33. The zero-order chi connectivity index (χ0) is 18.5. The standard InChI is InChI=1S/C21H24N2O3/c1-15-10-12-16(13-11-15)6-5-9-20(24)23-14-19(21(25)22-2)26-18-8-4-3-7-17(18)23/h3-4,7-8,10-13,19H,5-6,9,14H2,1-2H3,(H,22,25). The number of anilines is 1. The molecule has 0 saturated heterocycles. The number of aryl methyl sites for hydroxylation is 2. The van der Waals surface area contributed by atoms with E-state index in [9.17, 15) is 9.59 Å². The van der Waals surface area contributed by atoms with Gasteiger partial charge in [0.2, 0.25) is 5.91 Å². The Balaban J connectivity index is 1.66. The third-order valence-corrected chi connectivity index (χ3v) is 4.59. The summed E-state index contributed by atoms with van der Waals surface area (Å²) in [6.45, 7) is 2.30. The van der Waals surface area contributed by atoms with Gasteiger partial charge >= 0.3 is 0 Å². The van der Waals surface area contributed by atoms with Gasteiger partial charge in [-0.2, -0.15) is 0 Å². The Morgan fingerprint density at radius 1 is 1.15 bits per heavy atom. The number of likely N-dealkylation sites (N-methyl/N-ethyl adjacent to an activating group) is 1. The minimum absolute atomic E-state index is 0.0155. The highest BCUT2D eigenvalue weighted by molar-refractivity contribution is 5.97. The first kappa shape index (κ1) is 18.0. The fourth-order valence-corrected chi connectivity index (χ4v) is 3.10. The SMILES string of the molecule is CNC(=O)C1CN(C(=O)CCCc2ccc(C)cc2)c2ccccc2O1. The van der Waals surface area contributed by atoms with Crippen LogP contribution in [0.5, 0.6) is 5.75 Å². The summed E-state index contributed by atoms with van der Waals surface area (Å²) in [5, 5.41) is 2.59. The minimum Gasteiger partial charge on any atom is -0.477 e. The number of nitrogens with zero attached hydrogens (tertiary/aromatic N) is 1. The van der Waals surface area contributed by atoms with Crippen molar-refractivity contribution in [2.24, 2.45) is 0 Å². The van der Waals surface area contributed by atoms with E-state index in [4.69, 9.17) is 4.74 Å². The van der Waals surface area contributed by atoms with Gasteiger partial charge in [0.15, 0.2) is 6.10 Å². The lowest BCUT2D eigenvalue weighted by molar-refractivity contribution is -0.127. The van der Waals surface area contributed by atoms with Crippen LogP contribution in [0.3, 0.4) is 0 Å². The Morgan fingerprint density at radius 2 is 1.88 bits per heavy atom. The van der Waals surface area contributed by atoms with E-state index in [-0.39, 0.29) is 18.4 Å². The normalized spacial score (nSPS) is 15.8. The van der Waals surface area contributed by atoms with Crippen molar-refractivity contribution in [2.75, 3.05) is 18.5 Å². The maximum Gasteiger partial charge on any atom is 0.262 e. The summed E-state index contributed by atoms with van der Waals surface area (Å²) in [4.78, 5) is 26.5. The predicted octanol–water partition coefficient (Wildman–Crippen LogP) is 2.86. The van der Waals surface area contributed by atoms with Gasteiger partial charge in [-0.05, 0) is 37.5 Å². The molecular weight excluding hydrogens is 328 g/mol. The lowest BCUT2D eigenvalue weighted by Crippen LogP contribution is -2.50. The quantitative estimate of drug-likeness (QED) is 0.900. The molecule has 0 aliphatic carbocycles. The Labute approximate surface area is 154 Å². The van der Waals surface area contributed by atoms with Crippen LogP contribution in [0.4, 0.5) is 5.69 Å². The van der Waals surface area contributed by atoms with Gasteiger partial charge in [-0.3, -0.25) is 9.59 Å². The summed E-state index contributed by atoms with van der Waals surface area (Å²) in [6.07, 6.45) is 1.38. The van der Waals surface area contributed by atoms with Crippen LogP contribution in [-0.4, -0.2) is 31.5 Å². The summed E-state index contributed by atoms with van der Waals surface area (Å²) in [5.41, 5.74) is 3.19. The number of rotatable bonds is 5. The van der Waals surface area contributed by atoms with E-state index < -0.39 is 6.10 Å². The molecular formula is C21H24N2O3. The molecule has 0 bridgehead atoms. The van der Waals surface area contributed by atoms with Crippen molar-refractivity contribution in [3.05, 3.63) is 59.7 Å². The van der Waals surface area contributed by atoms with Crippen molar-refractivity contribution in [1.29, 1.82) is 0 Å². The van der Waals surface area contributed by atoms with Gasteiger partial charge in [0.1, 0.15) is 5.75 Å². The molecule has 0 radical (unpaired) electrons. The molecule has 0 saturated carbocycles. The summed E-state index contributed by atoms with van der Waals surface area (Å²) >= 11 is 0. The number of amides is 2. The van der Waals surface area contributed by atoms with E-state index in [1.807, 2.05) is 18.2 Å². The predicted molar refractivity (Wildman–Crippen MR) is 101 cm³/mol. The Bertz CT molecular complexity index is 786. The smallest absolute Gasteiger partial charge is 0.262 e. The molecule has 1 aliphatic heterocycles. The highest BCUT2D eigenvalue weighted by atomic mass is 16.5. The summed E-state index contributed by atoms with van der Waals surface area (Å²) in [5.74, 6) is 0.359. The molecule has 0 fully saturated rings. The number of nitrogens with one attached hydrogen (secondary N) is 1. The molecule has 1 N–H and O–H groups in total. The Morgan fingerprint density at radius 3 is 2.62 bits per heavy atom. The first-order valence-corrected chi connectivity index (χ1v) is 8.91. The topological polar surface area (TPSA) is 58.6 Å². The maximum atomic E-state index is 12.8. The lowest BCUT2D eigenvalue weighted by Gasteiger charge is -2.34. The number of benzene rings is 2. The average molecular weight is 352 g/mol. The van der Waals surface area contributed by atoms with Crippen molar-refractivity contribution >= 4 is 17.5 Å². The van der Waals surface area contributed by atoms with Crippen LogP contribution < -0.4 is 15.0 Å². The van der Waals surface area contributed by atoms with E-state index in [1.54, 1.807) is 18.0 Å². The molecule has 1 aliphatic rings. The highest BCUT2D eigenvalue weighted by Gasteiger charge is 2.32. The van der Waals surface area contributed by atoms with E-state index in [0.717, 1.165) is 18.5 Å². The molecule has 3 rings (SSSR count). The van der Waals surface area contributed by atoms with Crippen LogP contribution in [-0.2, 0) is 16.0 Å². The molecule has 2 aromatic carbocycles. The van der Waals surface area contributed by atoms with Crippen molar-refractivity contribution < 1.29 is 14.3 Å². The number of para-hydroxylation sites is 2. The molecule has 1 heterocycles. The van der Waals surface area contributed by atoms with Crippen molar-refractivity contribution in [3.8, 4) is 5.75 Å². The molecule has 26 heavy (non-hydrogen) atoms. The second-order valence-corrected chi connectivity index (χ2v) is 6.53. The zero-order valence-electron chi connectivity index (χ0n) is 15.2. The Hall–Kier alpha value is -2.82. The molecule has 136 valence electrons. The lowest BCUT2D eigenvalue weighted by atomic mass is 10.1. The number of hydrogen-bond donors (Lipinski definition) is 1.